The van der Waals surface area contributed by atoms with Crippen LogP contribution in [0, 0.1) is 0 Å². The van der Waals surface area contributed by atoms with Gasteiger partial charge in [0.1, 0.15) is 6.54 Å². The Kier molecular flexibility index (Phi) is 7.65. The number of amides is 2. The minimum Gasteiger partial charge on any atom is -0.493 e. The van der Waals surface area contributed by atoms with E-state index in [9.17, 15) is 14.4 Å². The number of aromatic nitrogens is 1. The third-order valence-electron chi connectivity index (χ3n) is 3.51. The maximum atomic E-state index is 11.9. The molecule has 148 valence electrons. The molecule has 0 aliphatic carbocycles. The van der Waals surface area contributed by atoms with Crippen LogP contribution in [-0.4, -0.2) is 30.1 Å². The first-order valence-corrected chi connectivity index (χ1v) is 8.75. The highest BCUT2D eigenvalue weighted by molar-refractivity contribution is 6.32. The minimum atomic E-state index is -0.558. The summed E-state index contributed by atoms with van der Waals surface area (Å²) in [4.78, 5) is 35.2. The second-order valence-electron chi connectivity index (χ2n) is 5.50. The number of nitrogens with zero attached hydrogens (tertiary/aromatic N) is 1. The predicted octanol–water partition coefficient (Wildman–Crippen LogP) is 1.77. The van der Waals surface area contributed by atoms with Crippen LogP contribution in [0.25, 0.3) is 6.08 Å². The van der Waals surface area contributed by atoms with Crippen molar-refractivity contribution in [1.82, 2.24) is 15.4 Å². The molecule has 9 heteroatoms. The molecule has 0 radical (unpaired) electrons. The van der Waals surface area contributed by atoms with Crippen LogP contribution >= 0.6 is 11.6 Å². The van der Waals surface area contributed by atoms with Crippen molar-refractivity contribution in [1.29, 1.82) is 0 Å². The van der Waals surface area contributed by atoms with E-state index in [2.05, 4.69) is 10.9 Å². The van der Waals surface area contributed by atoms with Gasteiger partial charge in [-0.25, -0.2) is 0 Å². The van der Waals surface area contributed by atoms with E-state index in [1.54, 1.807) is 24.3 Å². The molecule has 28 heavy (non-hydrogen) atoms. The molecule has 8 nitrogen and oxygen atoms in total. The third-order valence-corrected chi connectivity index (χ3v) is 3.79. The molecular formula is C19H20ClN3O5. The van der Waals surface area contributed by atoms with Gasteiger partial charge in [-0.15, -0.1) is 0 Å². The Labute approximate surface area is 166 Å². The first kappa shape index (κ1) is 21.0. The zero-order valence-electron chi connectivity index (χ0n) is 15.4. The SMILES string of the molecule is CCOc1c(Cl)cc(/C=C/C(=O)NNC(=O)Cn2ccccc2=O)cc1OC. The average Bonchev–Trinajstić information content (AvgIpc) is 2.68. The second kappa shape index (κ2) is 10.2. The molecule has 0 saturated carbocycles. The van der Waals surface area contributed by atoms with Crippen molar-refractivity contribution in [2.24, 2.45) is 0 Å². The fourth-order valence-electron chi connectivity index (χ4n) is 2.25. The summed E-state index contributed by atoms with van der Waals surface area (Å²) < 4.78 is 11.9. The second-order valence-corrected chi connectivity index (χ2v) is 5.91. The molecule has 0 bridgehead atoms. The number of ether oxygens (including phenoxy) is 2. The van der Waals surface area contributed by atoms with Crippen LogP contribution in [0.2, 0.25) is 5.02 Å². The molecule has 1 aromatic heterocycles. The molecule has 1 heterocycles. The predicted molar refractivity (Wildman–Crippen MR) is 105 cm³/mol. The fourth-order valence-corrected chi connectivity index (χ4v) is 2.52. The Morgan fingerprint density at radius 1 is 1.25 bits per heavy atom. The fraction of sp³-hybridized carbons (Fsp3) is 0.211. The number of pyridine rings is 1. The summed E-state index contributed by atoms with van der Waals surface area (Å²) in [5, 5.41) is 0.350. The number of hydrogen-bond acceptors (Lipinski definition) is 5. The smallest absolute Gasteiger partial charge is 0.262 e. The lowest BCUT2D eigenvalue weighted by Gasteiger charge is -2.12. The van der Waals surface area contributed by atoms with Crippen molar-refractivity contribution >= 4 is 29.5 Å². The van der Waals surface area contributed by atoms with Gasteiger partial charge in [0, 0.05) is 18.3 Å². The molecule has 0 saturated heterocycles. The number of methoxy groups -OCH3 is 1. The van der Waals surface area contributed by atoms with E-state index in [1.165, 1.54) is 36.1 Å². The zero-order valence-corrected chi connectivity index (χ0v) is 16.2. The molecule has 0 spiro atoms. The number of carbonyl (C=O) groups excluding carboxylic acids is 2. The van der Waals surface area contributed by atoms with Crippen LogP contribution in [0.15, 0.2) is 47.4 Å². The summed E-state index contributed by atoms with van der Waals surface area (Å²) in [6, 6.07) is 7.84. The van der Waals surface area contributed by atoms with Gasteiger partial charge in [0.15, 0.2) is 11.5 Å². The van der Waals surface area contributed by atoms with Crippen molar-refractivity contribution in [2.45, 2.75) is 13.5 Å². The Bertz CT molecular complexity index is 939. The minimum absolute atomic E-state index is 0.213. The average molecular weight is 406 g/mol. The number of nitrogens with one attached hydrogen (secondary N) is 2. The number of carbonyl (C=O) groups is 2. The maximum absolute atomic E-state index is 11.9. The molecule has 0 unspecified atom stereocenters. The van der Waals surface area contributed by atoms with Gasteiger partial charge >= 0.3 is 0 Å². The first-order valence-electron chi connectivity index (χ1n) is 8.37. The molecule has 0 fully saturated rings. The van der Waals surface area contributed by atoms with Crippen molar-refractivity contribution in [3.05, 3.63) is 63.5 Å². The highest BCUT2D eigenvalue weighted by atomic mass is 35.5. The first-order chi connectivity index (χ1) is 13.4. The summed E-state index contributed by atoms with van der Waals surface area (Å²) in [6.45, 7) is 2.05. The topological polar surface area (TPSA) is 98.7 Å². The van der Waals surface area contributed by atoms with Gasteiger partial charge < -0.3 is 14.0 Å². The van der Waals surface area contributed by atoms with E-state index >= 15 is 0 Å². The number of halogens is 1. The number of rotatable bonds is 7. The molecule has 0 aliphatic rings. The molecule has 1 aromatic carbocycles. The Morgan fingerprint density at radius 2 is 2.04 bits per heavy atom. The van der Waals surface area contributed by atoms with Crippen molar-refractivity contribution < 1.29 is 19.1 Å². The quantitative estimate of drug-likeness (QED) is 0.540. The van der Waals surface area contributed by atoms with Gasteiger partial charge in [0.05, 0.1) is 18.7 Å². The van der Waals surface area contributed by atoms with Crippen LogP contribution in [0.5, 0.6) is 11.5 Å². The van der Waals surface area contributed by atoms with Gasteiger partial charge in [-0.2, -0.15) is 0 Å². The normalized spacial score (nSPS) is 10.5. The summed E-state index contributed by atoms with van der Waals surface area (Å²) in [5.41, 5.74) is 4.77. The van der Waals surface area contributed by atoms with Crippen LogP contribution < -0.4 is 25.9 Å². The summed E-state index contributed by atoms with van der Waals surface area (Å²) >= 11 is 6.18. The maximum Gasteiger partial charge on any atom is 0.262 e. The lowest BCUT2D eigenvalue weighted by Crippen LogP contribution is -2.43. The Morgan fingerprint density at radius 3 is 2.71 bits per heavy atom. The summed E-state index contributed by atoms with van der Waals surface area (Å²) in [6.07, 6.45) is 4.21. The van der Waals surface area contributed by atoms with Gasteiger partial charge in [-0.05, 0) is 36.8 Å². The van der Waals surface area contributed by atoms with E-state index in [0.29, 0.717) is 28.7 Å². The van der Waals surface area contributed by atoms with E-state index in [0.717, 1.165) is 0 Å². The van der Waals surface area contributed by atoms with Crippen LogP contribution in [0.1, 0.15) is 12.5 Å². The van der Waals surface area contributed by atoms with Crippen LogP contribution in [0.3, 0.4) is 0 Å². The van der Waals surface area contributed by atoms with Gasteiger partial charge in [0.2, 0.25) is 0 Å². The molecule has 0 atom stereocenters. The van der Waals surface area contributed by atoms with E-state index in [1.807, 2.05) is 6.92 Å². The Balaban J connectivity index is 1.94. The van der Waals surface area contributed by atoms with Gasteiger partial charge in [-0.3, -0.25) is 25.2 Å². The largest absolute Gasteiger partial charge is 0.493 e. The third kappa shape index (κ3) is 5.88. The van der Waals surface area contributed by atoms with Crippen molar-refractivity contribution in [3.63, 3.8) is 0 Å². The molecule has 2 rings (SSSR count). The summed E-state index contributed by atoms with van der Waals surface area (Å²) in [7, 11) is 1.49. The van der Waals surface area contributed by atoms with E-state index in [4.69, 9.17) is 21.1 Å². The number of hydrogen-bond donors (Lipinski definition) is 2. The van der Waals surface area contributed by atoms with Crippen LogP contribution in [-0.2, 0) is 16.1 Å². The zero-order chi connectivity index (χ0) is 20.5. The molecule has 2 amide bonds. The summed E-state index contributed by atoms with van der Waals surface area (Å²) in [5.74, 6) is -0.230. The molecule has 2 N–H and O–H groups in total. The lowest BCUT2D eigenvalue weighted by atomic mass is 10.2. The van der Waals surface area contributed by atoms with Crippen molar-refractivity contribution in [2.75, 3.05) is 13.7 Å². The highest BCUT2D eigenvalue weighted by Gasteiger charge is 2.11. The highest BCUT2D eigenvalue weighted by Crippen LogP contribution is 2.36. The van der Waals surface area contributed by atoms with E-state index < -0.39 is 11.8 Å². The lowest BCUT2D eigenvalue weighted by molar-refractivity contribution is -0.127. The van der Waals surface area contributed by atoms with Crippen LogP contribution in [0.4, 0.5) is 0 Å². The van der Waals surface area contributed by atoms with E-state index in [-0.39, 0.29) is 12.1 Å². The molecular weight excluding hydrogens is 386 g/mol. The van der Waals surface area contributed by atoms with Gasteiger partial charge in [0.25, 0.3) is 17.4 Å². The molecule has 0 aliphatic heterocycles. The standard InChI is InChI=1S/C19H20ClN3O5/c1-3-28-19-14(20)10-13(11-15(19)27-2)7-8-16(24)21-22-17(25)12-23-9-5-4-6-18(23)26/h4-11H,3,12H2,1-2H3,(H,21,24)(H,22,25)/b8-7+. The van der Waals surface area contributed by atoms with Crippen molar-refractivity contribution in [3.8, 4) is 11.5 Å². The number of hydrazine groups is 1. The Hall–Kier alpha value is -3.26. The number of benzene rings is 1. The monoisotopic (exact) mass is 405 g/mol. The van der Waals surface area contributed by atoms with Gasteiger partial charge in [-0.1, -0.05) is 17.7 Å². The molecule has 2 aromatic rings.